The third kappa shape index (κ3) is 5.99. The Balaban J connectivity index is 1.69. The molecule has 2 heterocycles. The Hall–Kier alpha value is -3.53. The number of aromatic nitrogens is 1. The van der Waals surface area contributed by atoms with Gasteiger partial charge in [-0.3, -0.25) is 14.4 Å². The molecule has 0 aliphatic carbocycles. The molecule has 0 bridgehead atoms. The highest BCUT2D eigenvalue weighted by Gasteiger charge is 2.35. The van der Waals surface area contributed by atoms with Crippen molar-refractivity contribution in [2.24, 2.45) is 7.05 Å². The van der Waals surface area contributed by atoms with Crippen molar-refractivity contribution in [1.82, 2.24) is 19.5 Å². The first-order chi connectivity index (χ1) is 16.8. The Bertz CT molecular complexity index is 1300. The topological polar surface area (TPSA) is 130 Å². The van der Waals surface area contributed by atoms with Crippen molar-refractivity contribution < 1.29 is 44.8 Å². The molecule has 1 atom stereocenters. The number of alkyl halides is 2. The average molecular weight is 537 g/mol. The van der Waals surface area contributed by atoms with Crippen molar-refractivity contribution in [2.75, 3.05) is 25.0 Å². The van der Waals surface area contributed by atoms with Gasteiger partial charge in [0, 0.05) is 44.1 Å². The van der Waals surface area contributed by atoms with E-state index in [1.807, 2.05) is 0 Å². The second-order valence-electron chi connectivity index (χ2n) is 7.81. The molecule has 0 radical (unpaired) electrons. The normalized spacial score (nSPS) is 15.9. The van der Waals surface area contributed by atoms with E-state index in [2.05, 4.69) is 10.0 Å². The number of amides is 3. The highest BCUT2D eigenvalue weighted by molar-refractivity contribution is 7.89. The molecule has 2 aromatic rings. The number of hydrogen-bond acceptors (Lipinski definition) is 5. The predicted octanol–water partition coefficient (Wildman–Crippen LogP) is 0.955. The summed E-state index contributed by atoms with van der Waals surface area (Å²) >= 11 is 0. The lowest BCUT2D eigenvalue weighted by atomic mass is 10.3. The van der Waals surface area contributed by atoms with E-state index in [9.17, 15) is 40.4 Å². The summed E-state index contributed by atoms with van der Waals surface area (Å²) in [5.41, 5.74) is -0.908. The zero-order chi connectivity index (χ0) is 26.8. The van der Waals surface area contributed by atoms with Gasteiger partial charge < -0.3 is 20.1 Å². The first kappa shape index (κ1) is 27.1. The number of carbonyl (C=O) groups is 3. The lowest BCUT2D eigenvalue weighted by Gasteiger charge is -2.16. The van der Waals surface area contributed by atoms with Crippen molar-refractivity contribution in [3.8, 4) is 0 Å². The SMILES string of the molecule is Cn1cc(S(=O)(=O)N[C@@H]2CCN(C(=O)C(=O)NCC(F)F)C2)c(F)c1C(=O)Nc1ccc(F)c(F)c1. The number of halogens is 5. The highest BCUT2D eigenvalue weighted by Crippen LogP contribution is 2.23. The summed E-state index contributed by atoms with van der Waals surface area (Å²) in [7, 11) is -3.37. The van der Waals surface area contributed by atoms with E-state index in [1.165, 1.54) is 7.05 Å². The molecule has 1 aromatic carbocycles. The fraction of sp³-hybridized carbons (Fsp3) is 0.350. The number of anilines is 1. The molecule has 0 saturated carbocycles. The summed E-state index contributed by atoms with van der Waals surface area (Å²) in [6, 6.07) is 1.50. The molecule has 1 aliphatic heterocycles. The van der Waals surface area contributed by atoms with Crippen LogP contribution >= 0.6 is 0 Å². The van der Waals surface area contributed by atoms with Gasteiger partial charge >= 0.3 is 11.8 Å². The molecule has 16 heteroatoms. The fourth-order valence-corrected chi connectivity index (χ4v) is 4.88. The Morgan fingerprint density at radius 1 is 1.14 bits per heavy atom. The number of nitrogens with one attached hydrogen (secondary N) is 3. The lowest BCUT2D eigenvalue weighted by Crippen LogP contribution is -2.45. The van der Waals surface area contributed by atoms with Gasteiger partial charge in [0.2, 0.25) is 10.0 Å². The third-order valence-electron chi connectivity index (χ3n) is 5.18. The molecular weight excluding hydrogens is 517 g/mol. The van der Waals surface area contributed by atoms with Crippen molar-refractivity contribution in [3.63, 3.8) is 0 Å². The molecule has 0 spiro atoms. The van der Waals surface area contributed by atoms with Crippen LogP contribution in [0.5, 0.6) is 0 Å². The minimum absolute atomic E-state index is 0.0467. The Morgan fingerprint density at radius 3 is 2.47 bits per heavy atom. The fourth-order valence-electron chi connectivity index (χ4n) is 3.49. The molecule has 1 aromatic heterocycles. The largest absolute Gasteiger partial charge is 0.343 e. The zero-order valence-corrected chi connectivity index (χ0v) is 19.3. The van der Waals surface area contributed by atoms with Crippen molar-refractivity contribution in [1.29, 1.82) is 0 Å². The molecule has 3 amide bonds. The number of benzene rings is 1. The van der Waals surface area contributed by atoms with Gasteiger partial charge in [-0.1, -0.05) is 0 Å². The van der Waals surface area contributed by atoms with E-state index in [4.69, 9.17) is 0 Å². The van der Waals surface area contributed by atoms with Crippen LogP contribution in [0.15, 0.2) is 29.3 Å². The van der Waals surface area contributed by atoms with Gasteiger partial charge in [-0.2, -0.15) is 0 Å². The zero-order valence-electron chi connectivity index (χ0n) is 18.5. The van der Waals surface area contributed by atoms with Gasteiger partial charge in [0.25, 0.3) is 12.3 Å². The summed E-state index contributed by atoms with van der Waals surface area (Å²) in [4.78, 5) is 36.3. The number of aryl methyl sites for hydroxylation is 1. The van der Waals surface area contributed by atoms with E-state index in [0.29, 0.717) is 6.07 Å². The summed E-state index contributed by atoms with van der Waals surface area (Å²) in [6.07, 6.45) is -1.98. The Morgan fingerprint density at radius 2 is 1.83 bits per heavy atom. The van der Waals surface area contributed by atoms with E-state index >= 15 is 4.39 Å². The number of carbonyl (C=O) groups excluding carboxylic acids is 3. The van der Waals surface area contributed by atoms with Crippen LogP contribution in [-0.4, -0.2) is 67.7 Å². The molecule has 0 unspecified atom stereocenters. The van der Waals surface area contributed by atoms with Crippen LogP contribution in [0.25, 0.3) is 0 Å². The van der Waals surface area contributed by atoms with Gasteiger partial charge in [0.1, 0.15) is 10.6 Å². The van der Waals surface area contributed by atoms with Gasteiger partial charge in [-0.05, 0) is 18.6 Å². The monoisotopic (exact) mass is 537 g/mol. The maximum Gasteiger partial charge on any atom is 0.311 e. The van der Waals surface area contributed by atoms with Crippen molar-refractivity contribution >= 4 is 33.4 Å². The second kappa shape index (κ2) is 10.6. The molecule has 3 N–H and O–H groups in total. The summed E-state index contributed by atoms with van der Waals surface area (Å²) in [5.74, 6) is -7.37. The maximum absolute atomic E-state index is 15.0. The van der Waals surface area contributed by atoms with Crippen LogP contribution < -0.4 is 15.4 Å². The highest BCUT2D eigenvalue weighted by atomic mass is 32.2. The molecule has 36 heavy (non-hydrogen) atoms. The van der Waals surface area contributed by atoms with Crippen LogP contribution in [0.4, 0.5) is 27.6 Å². The molecule has 1 saturated heterocycles. The first-order valence-corrected chi connectivity index (χ1v) is 11.8. The van der Waals surface area contributed by atoms with Crippen LogP contribution in [-0.2, 0) is 26.7 Å². The summed E-state index contributed by atoms with van der Waals surface area (Å²) in [6.45, 7) is -1.36. The van der Waals surface area contributed by atoms with Crippen LogP contribution in [0, 0.1) is 17.5 Å². The van der Waals surface area contributed by atoms with E-state index in [-0.39, 0.29) is 25.2 Å². The number of rotatable bonds is 7. The van der Waals surface area contributed by atoms with Crippen molar-refractivity contribution in [2.45, 2.75) is 23.8 Å². The molecule has 196 valence electrons. The first-order valence-electron chi connectivity index (χ1n) is 10.3. The molecule has 3 rings (SSSR count). The molecule has 1 aliphatic rings. The molecule has 1 fully saturated rings. The minimum atomic E-state index is -4.56. The minimum Gasteiger partial charge on any atom is -0.343 e. The summed E-state index contributed by atoms with van der Waals surface area (Å²) < 4.78 is 94.4. The number of hydrogen-bond donors (Lipinski definition) is 3. The van der Waals surface area contributed by atoms with Crippen molar-refractivity contribution in [3.05, 3.63) is 47.5 Å². The predicted molar refractivity (Wildman–Crippen MR) is 114 cm³/mol. The molecule has 10 nitrogen and oxygen atoms in total. The van der Waals surface area contributed by atoms with E-state index in [0.717, 1.165) is 27.8 Å². The van der Waals surface area contributed by atoms with E-state index < -0.39 is 74.8 Å². The second-order valence-corrected chi connectivity index (χ2v) is 9.49. The number of nitrogens with zero attached hydrogens (tertiary/aromatic N) is 2. The van der Waals surface area contributed by atoms with Gasteiger partial charge in [0.05, 0.1) is 6.54 Å². The van der Waals surface area contributed by atoms with Crippen LogP contribution in [0.2, 0.25) is 0 Å². The smallest absolute Gasteiger partial charge is 0.311 e. The van der Waals surface area contributed by atoms with Crippen LogP contribution in [0.3, 0.4) is 0 Å². The number of likely N-dealkylation sites (tertiary alicyclic amines) is 1. The Kier molecular flexibility index (Phi) is 7.98. The standard InChI is InChI=1S/C20H20F5N5O5S/c1-29-9-14(16(25)17(29)18(31)27-10-2-3-12(21)13(22)6-10)36(34,35)28-11-4-5-30(8-11)20(33)19(32)26-7-15(23)24/h2-3,6,9,11,15,28H,4-5,7-8H2,1H3,(H,26,32)(H,27,31)/t11-/m1/s1. The van der Waals surface area contributed by atoms with E-state index in [1.54, 1.807) is 5.32 Å². The summed E-state index contributed by atoms with van der Waals surface area (Å²) in [5, 5.41) is 3.89. The van der Waals surface area contributed by atoms with Gasteiger partial charge in [-0.15, -0.1) is 0 Å². The average Bonchev–Trinajstić information content (AvgIpc) is 3.37. The quantitative estimate of drug-likeness (QED) is 0.358. The number of sulfonamides is 1. The maximum atomic E-state index is 15.0. The lowest BCUT2D eigenvalue weighted by molar-refractivity contribution is -0.145. The van der Waals surface area contributed by atoms with Crippen LogP contribution in [0.1, 0.15) is 16.9 Å². The third-order valence-corrected chi connectivity index (χ3v) is 6.69. The van der Waals surface area contributed by atoms with Gasteiger partial charge in [-0.25, -0.2) is 35.1 Å². The molecular formula is C20H20F5N5O5S. The Labute approximate surface area is 201 Å². The van der Waals surface area contributed by atoms with Gasteiger partial charge in [0.15, 0.2) is 17.5 Å².